The second-order valence-electron chi connectivity index (χ2n) is 5.89. The Kier molecular flexibility index (Phi) is 6.40. The molecule has 0 spiro atoms. The third-order valence-electron chi connectivity index (χ3n) is 3.95. The minimum Gasteiger partial charge on any atom is -0.494 e. The van der Waals surface area contributed by atoms with Crippen molar-refractivity contribution in [1.82, 2.24) is 0 Å². The maximum absolute atomic E-state index is 11.9. The lowest BCUT2D eigenvalue weighted by atomic mass is 10.1. The van der Waals surface area contributed by atoms with Crippen LogP contribution in [0, 0.1) is 0 Å². The molecular weight excluding hydrogens is 412 g/mol. The van der Waals surface area contributed by atoms with E-state index in [1.54, 1.807) is 13.2 Å². The SMILES string of the molecule is CCOC(=O)Cc1ccc(OCC)cc1OCc1cc(Br)c2occc2c1. The zero-order valence-corrected chi connectivity index (χ0v) is 16.9. The molecule has 1 heterocycles. The molecule has 0 saturated heterocycles. The molecule has 0 atom stereocenters. The first-order valence-corrected chi connectivity index (χ1v) is 9.59. The topological polar surface area (TPSA) is 57.9 Å². The number of rotatable bonds is 8. The fraction of sp³-hybridized carbons (Fsp3) is 0.286. The van der Waals surface area contributed by atoms with Gasteiger partial charge in [-0.15, -0.1) is 0 Å². The van der Waals surface area contributed by atoms with Crippen molar-refractivity contribution in [3.63, 3.8) is 0 Å². The Bertz CT molecular complexity index is 931. The minimum absolute atomic E-state index is 0.153. The zero-order valence-electron chi connectivity index (χ0n) is 15.3. The lowest BCUT2D eigenvalue weighted by Gasteiger charge is -2.14. The zero-order chi connectivity index (χ0) is 19.2. The van der Waals surface area contributed by atoms with Gasteiger partial charge in [0.1, 0.15) is 23.7 Å². The van der Waals surface area contributed by atoms with E-state index in [1.165, 1.54) is 0 Å². The number of furan rings is 1. The first kappa shape index (κ1) is 19.3. The highest BCUT2D eigenvalue weighted by Gasteiger charge is 2.13. The number of ether oxygens (including phenoxy) is 3. The molecule has 0 unspecified atom stereocenters. The fourth-order valence-electron chi connectivity index (χ4n) is 2.78. The predicted octanol–water partition coefficient (Wildman–Crippen LogP) is 5.28. The summed E-state index contributed by atoms with van der Waals surface area (Å²) in [5.41, 5.74) is 2.56. The van der Waals surface area contributed by atoms with Crippen LogP contribution in [0.3, 0.4) is 0 Å². The quantitative estimate of drug-likeness (QED) is 0.453. The van der Waals surface area contributed by atoms with E-state index in [0.717, 1.165) is 26.6 Å². The van der Waals surface area contributed by atoms with Gasteiger partial charge in [-0.25, -0.2) is 0 Å². The molecule has 1 aromatic heterocycles. The van der Waals surface area contributed by atoms with Gasteiger partial charge in [-0.05, 0) is 59.6 Å². The normalized spacial score (nSPS) is 10.8. The van der Waals surface area contributed by atoms with Crippen molar-refractivity contribution in [3.05, 3.63) is 58.3 Å². The summed E-state index contributed by atoms with van der Waals surface area (Å²) in [5.74, 6) is 1.03. The lowest BCUT2D eigenvalue weighted by Crippen LogP contribution is -2.09. The third kappa shape index (κ3) is 4.83. The molecule has 0 bridgehead atoms. The van der Waals surface area contributed by atoms with Crippen LogP contribution in [0.5, 0.6) is 11.5 Å². The maximum Gasteiger partial charge on any atom is 0.310 e. The van der Waals surface area contributed by atoms with E-state index in [1.807, 2.05) is 43.3 Å². The van der Waals surface area contributed by atoms with E-state index in [4.69, 9.17) is 18.6 Å². The molecule has 0 radical (unpaired) electrons. The summed E-state index contributed by atoms with van der Waals surface area (Å²) in [6.07, 6.45) is 1.81. The fourth-order valence-corrected chi connectivity index (χ4v) is 3.40. The molecule has 0 aliphatic rings. The molecule has 27 heavy (non-hydrogen) atoms. The van der Waals surface area contributed by atoms with Crippen LogP contribution in [0.15, 0.2) is 51.6 Å². The van der Waals surface area contributed by atoms with Crippen LogP contribution in [-0.2, 0) is 22.6 Å². The van der Waals surface area contributed by atoms with Crippen molar-refractivity contribution < 1.29 is 23.4 Å². The van der Waals surface area contributed by atoms with Gasteiger partial charge in [-0.1, -0.05) is 6.07 Å². The number of fused-ring (bicyclic) bond motifs is 1. The van der Waals surface area contributed by atoms with Gasteiger partial charge in [0.2, 0.25) is 0 Å². The molecule has 0 fully saturated rings. The van der Waals surface area contributed by atoms with E-state index in [0.29, 0.717) is 31.3 Å². The molecule has 3 rings (SSSR count). The van der Waals surface area contributed by atoms with Gasteiger partial charge in [0, 0.05) is 17.0 Å². The third-order valence-corrected chi connectivity index (χ3v) is 4.54. The van der Waals surface area contributed by atoms with Gasteiger partial charge in [0.05, 0.1) is 30.4 Å². The molecule has 142 valence electrons. The van der Waals surface area contributed by atoms with Gasteiger partial charge in [-0.2, -0.15) is 0 Å². The summed E-state index contributed by atoms with van der Waals surface area (Å²) < 4.78 is 23.0. The van der Waals surface area contributed by atoms with Crippen LogP contribution in [0.1, 0.15) is 25.0 Å². The molecule has 3 aromatic rings. The Hall–Kier alpha value is -2.47. The second-order valence-corrected chi connectivity index (χ2v) is 6.74. The summed E-state index contributed by atoms with van der Waals surface area (Å²) in [6.45, 7) is 4.97. The monoisotopic (exact) mass is 432 g/mol. The van der Waals surface area contributed by atoms with Gasteiger partial charge < -0.3 is 18.6 Å². The summed E-state index contributed by atoms with van der Waals surface area (Å²) in [6, 6.07) is 11.4. The molecule has 0 aliphatic carbocycles. The summed E-state index contributed by atoms with van der Waals surface area (Å²) in [7, 11) is 0. The number of benzene rings is 2. The summed E-state index contributed by atoms with van der Waals surface area (Å²) in [4.78, 5) is 11.9. The van der Waals surface area contributed by atoms with E-state index < -0.39 is 0 Å². The van der Waals surface area contributed by atoms with Gasteiger partial charge in [-0.3, -0.25) is 4.79 Å². The second kappa shape index (κ2) is 8.95. The van der Waals surface area contributed by atoms with Gasteiger partial charge in [0.15, 0.2) is 0 Å². The highest BCUT2D eigenvalue weighted by atomic mass is 79.9. The number of esters is 1. The number of carbonyl (C=O) groups excluding carboxylic acids is 1. The van der Waals surface area contributed by atoms with Crippen LogP contribution < -0.4 is 9.47 Å². The van der Waals surface area contributed by atoms with E-state index >= 15 is 0 Å². The van der Waals surface area contributed by atoms with E-state index in [9.17, 15) is 4.79 Å². The Balaban J connectivity index is 1.81. The van der Waals surface area contributed by atoms with Crippen LogP contribution in [0.4, 0.5) is 0 Å². The number of carbonyl (C=O) groups is 1. The molecule has 5 nitrogen and oxygen atoms in total. The van der Waals surface area contributed by atoms with Crippen molar-refractivity contribution in [3.8, 4) is 11.5 Å². The molecule has 0 amide bonds. The largest absolute Gasteiger partial charge is 0.494 e. The summed E-state index contributed by atoms with van der Waals surface area (Å²) in [5, 5.41) is 0.998. The van der Waals surface area contributed by atoms with Crippen molar-refractivity contribution in [2.24, 2.45) is 0 Å². The predicted molar refractivity (Wildman–Crippen MR) is 106 cm³/mol. The lowest BCUT2D eigenvalue weighted by molar-refractivity contribution is -0.142. The van der Waals surface area contributed by atoms with Crippen LogP contribution >= 0.6 is 15.9 Å². The smallest absolute Gasteiger partial charge is 0.310 e. The Morgan fingerprint density at radius 3 is 2.70 bits per heavy atom. The number of hydrogen-bond acceptors (Lipinski definition) is 5. The Morgan fingerprint density at radius 1 is 1.07 bits per heavy atom. The minimum atomic E-state index is -0.283. The number of halogens is 1. The van der Waals surface area contributed by atoms with Crippen LogP contribution in [0.2, 0.25) is 0 Å². The number of hydrogen-bond donors (Lipinski definition) is 0. The average Bonchev–Trinajstić information content (AvgIpc) is 3.11. The molecule has 0 N–H and O–H groups in total. The molecule has 0 saturated carbocycles. The first-order chi connectivity index (χ1) is 13.1. The molecule has 6 heteroatoms. The van der Waals surface area contributed by atoms with E-state index in [-0.39, 0.29) is 12.4 Å². The Labute approximate surface area is 166 Å². The Morgan fingerprint density at radius 2 is 1.93 bits per heavy atom. The van der Waals surface area contributed by atoms with Gasteiger partial charge in [0.25, 0.3) is 0 Å². The van der Waals surface area contributed by atoms with E-state index in [2.05, 4.69) is 15.9 Å². The van der Waals surface area contributed by atoms with Crippen LogP contribution in [0.25, 0.3) is 11.0 Å². The molecule has 2 aromatic carbocycles. The maximum atomic E-state index is 11.9. The molecular formula is C21H21BrO5. The summed E-state index contributed by atoms with van der Waals surface area (Å²) >= 11 is 3.52. The van der Waals surface area contributed by atoms with Crippen molar-refractivity contribution in [2.75, 3.05) is 13.2 Å². The average molecular weight is 433 g/mol. The van der Waals surface area contributed by atoms with Crippen molar-refractivity contribution >= 4 is 32.9 Å². The highest BCUT2D eigenvalue weighted by molar-refractivity contribution is 9.10. The van der Waals surface area contributed by atoms with Crippen molar-refractivity contribution in [2.45, 2.75) is 26.9 Å². The van der Waals surface area contributed by atoms with Crippen LogP contribution in [-0.4, -0.2) is 19.2 Å². The highest BCUT2D eigenvalue weighted by Crippen LogP contribution is 2.29. The van der Waals surface area contributed by atoms with Gasteiger partial charge >= 0.3 is 5.97 Å². The molecule has 0 aliphatic heterocycles. The van der Waals surface area contributed by atoms with Crippen molar-refractivity contribution in [1.29, 1.82) is 0 Å². The first-order valence-electron chi connectivity index (χ1n) is 8.80. The standard InChI is InChI=1S/C21H21BrO5/c1-3-24-17-6-5-15(11-20(23)25-4-2)19(12-17)27-13-14-9-16-7-8-26-21(16)18(22)10-14/h5-10,12H,3-4,11,13H2,1-2H3.